The number of fused-ring (bicyclic) bond motifs is 1. The summed E-state index contributed by atoms with van der Waals surface area (Å²) >= 11 is 4.88. The largest absolute Gasteiger partial charge is 0.240 e. The third kappa shape index (κ3) is 1.28. The third-order valence-electron chi connectivity index (χ3n) is 1.37. The van der Waals surface area contributed by atoms with Crippen LogP contribution >= 0.6 is 27.3 Å². The first-order chi connectivity index (χ1) is 5.25. The Hall–Kier alpha value is -0.480. The van der Waals surface area contributed by atoms with Crippen molar-refractivity contribution in [2.75, 3.05) is 0 Å². The van der Waals surface area contributed by atoms with Gasteiger partial charge in [0.2, 0.25) is 0 Å². The summed E-state index contributed by atoms with van der Waals surface area (Å²) in [6, 6.07) is 3.95. The van der Waals surface area contributed by atoms with Gasteiger partial charge in [0.25, 0.3) is 0 Å². The normalized spacial score (nSPS) is 10.7. The maximum Gasteiger partial charge on any atom is 0.161 e. The Morgan fingerprint density at radius 1 is 1.36 bits per heavy atom. The molecule has 0 saturated heterocycles. The first kappa shape index (κ1) is 7.18. The Morgan fingerprint density at radius 2 is 2.18 bits per heavy atom. The molecule has 2 aromatic heterocycles. The number of rotatable bonds is 0. The molecule has 0 atom stereocenters. The third-order valence-corrected chi connectivity index (χ3v) is 2.79. The van der Waals surface area contributed by atoms with Crippen LogP contribution in [0.1, 0.15) is 5.69 Å². The SMILES string of the molecule is Cc1ccc2nc(Br)sc2n1. The van der Waals surface area contributed by atoms with E-state index in [1.54, 1.807) is 11.3 Å². The minimum Gasteiger partial charge on any atom is -0.240 e. The lowest BCUT2D eigenvalue weighted by molar-refractivity contribution is 1.26. The molecular weight excluding hydrogens is 224 g/mol. The molecule has 0 aliphatic rings. The molecule has 4 heteroatoms. The van der Waals surface area contributed by atoms with E-state index < -0.39 is 0 Å². The molecule has 0 fully saturated rings. The summed E-state index contributed by atoms with van der Waals surface area (Å²) in [5.74, 6) is 0. The van der Waals surface area contributed by atoms with Gasteiger partial charge in [0.15, 0.2) is 3.92 Å². The zero-order chi connectivity index (χ0) is 7.84. The van der Waals surface area contributed by atoms with Gasteiger partial charge in [0.05, 0.1) is 0 Å². The predicted octanol–water partition coefficient (Wildman–Crippen LogP) is 2.76. The lowest BCUT2D eigenvalue weighted by atomic mass is 10.4. The number of hydrogen-bond acceptors (Lipinski definition) is 3. The van der Waals surface area contributed by atoms with Crippen molar-refractivity contribution in [3.8, 4) is 0 Å². The van der Waals surface area contributed by atoms with Gasteiger partial charge in [0.1, 0.15) is 10.3 Å². The molecule has 2 heterocycles. The summed E-state index contributed by atoms with van der Waals surface area (Å²) in [6.07, 6.45) is 0. The fourth-order valence-electron chi connectivity index (χ4n) is 0.883. The summed E-state index contributed by atoms with van der Waals surface area (Å²) in [5, 5.41) is 0. The Bertz CT molecular complexity index is 396. The van der Waals surface area contributed by atoms with Crippen LogP contribution in [0.5, 0.6) is 0 Å². The molecule has 0 spiro atoms. The quantitative estimate of drug-likeness (QED) is 0.694. The zero-order valence-corrected chi connectivity index (χ0v) is 8.24. The van der Waals surface area contributed by atoms with Crippen molar-refractivity contribution in [2.24, 2.45) is 0 Å². The van der Waals surface area contributed by atoms with Crippen molar-refractivity contribution in [3.05, 3.63) is 21.7 Å². The smallest absolute Gasteiger partial charge is 0.161 e. The van der Waals surface area contributed by atoms with Gasteiger partial charge in [-0.05, 0) is 35.0 Å². The second-order valence-electron chi connectivity index (χ2n) is 2.24. The van der Waals surface area contributed by atoms with Crippen molar-refractivity contribution in [1.82, 2.24) is 9.97 Å². The highest BCUT2D eigenvalue weighted by Crippen LogP contribution is 2.23. The van der Waals surface area contributed by atoms with E-state index in [1.807, 2.05) is 19.1 Å². The molecule has 0 N–H and O–H groups in total. The Labute approximate surface area is 76.4 Å². The van der Waals surface area contributed by atoms with E-state index in [2.05, 4.69) is 25.9 Å². The molecule has 2 nitrogen and oxygen atoms in total. The highest BCUT2D eigenvalue weighted by Gasteiger charge is 2.00. The van der Waals surface area contributed by atoms with Gasteiger partial charge in [-0.1, -0.05) is 11.3 Å². The first-order valence-electron chi connectivity index (χ1n) is 3.15. The van der Waals surface area contributed by atoms with Crippen LogP contribution in [0.3, 0.4) is 0 Å². The minimum absolute atomic E-state index is 0.894. The average Bonchev–Trinajstić information content (AvgIpc) is 2.27. The molecule has 0 unspecified atom stereocenters. The van der Waals surface area contributed by atoms with E-state index in [9.17, 15) is 0 Å². The Morgan fingerprint density at radius 3 is 3.00 bits per heavy atom. The molecule has 2 rings (SSSR count). The molecule has 2 aromatic rings. The van der Waals surface area contributed by atoms with Crippen LogP contribution in [0, 0.1) is 6.92 Å². The van der Waals surface area contributed by atoms with Crippen molar-refractivity contribution in [1.29, 1.82) is 0 Å². The number of aryl methyl sites for hydroxylation is 1. The van der Waals surface area contributed by atoms with Gasteiger partial charge < -0.3 is 0 Å². The minimum atomic E-state index is 0.894. The summed E-state index contributed by atoms with van der Waals surface area (Å²) in [7, 11) is 0. The molecule has 0 amide bonds. The fraction of sp³-hybridized carbons (Fsp3) is 0.143. The van der Waals surface area contributed by atoms with E-state index in [0.29, 0.717) is 0 Å². The van der Waals surface area contributed by atoms with E-state index in [4.69, 9.17) is 0 Å². The van der Waals surface area contributed by atoms with Crippen molar-refractivity contribution in [2.45, 2.75) is 6.92 Å². The van der Waals surface area contributed by atoms with E-state index in [-0.39, 0.29) is 0 Å². The monoisotopic (exact) mass is 228 g/mol. The van der Waals surface area contributed by atoms with E-state index >= 15 is 0 Å². The van der Waals surface area contributed by atoms with Gasteiger partial charge in [-0.3, -0.25) is 0 Å². The van der Waals surface area contributed by atoms with Crippen LogP contribution in [0.15, 0.2) is 16.0 Å². The maximum atomic E-state index is 4.32. The lowest BCUT2D eigenvalue weighted by Gasteiger charge is -1.87. The van der Waals surface area contributed by atoms with Gasteiger partial charge >= 0.3 is 0 Å². The second kappa shape index (κ2) is 2.53. The fourth-order valence-corrected chi connectivity index (χ4v) is 2.25. The van der Waals surface area contributed by atoms with Gasteiger partial charge in [0, 0.05) is 5.69 Å². The molecule has 0 bridgehead atoms. The average molecular weight is 229 g/mol. The van der Waals surface area contributed by atoms with Gasteiger partial charge in [-0.2, -0.15) is 0 Å². The molecule has 0 radical (unpaired) electrons. The predicted molar refractivity (Wildman–Crippen MR) is 49.9 cm³/mol. The van der Waals surface area contributed by atoms with Crippen molar-refractivity contribution in [3.63, 3.8) is 0 Å². The standard InChI is InChI=1S/C7H5BrN2S/c1-4-2-3-5-6(9-4)11-7(8)10-5/h2-3H,1H3. The van der Waals surface area contributed by atoms with Crippen LogP contribution in [0.25, 0.3) is 10.3 Å². The molecule has 0 saturated carbocycles. The van der Waals surface area contributed by atoms with Crippen LogP contribution in [-0.2, 0) is 0 Å². The molecular formula is C7H5BrN2S. The molecule has 0 aromatic carbocycles. The molecule has 0 aliphatic carbocycles. The van der Waals surface area contributed by atoms with E-state index in [1.165, 1.54) is 0 Å². The summed E-state index contributed by atoms with van der Waals surface area (Å²) in [5.41, 5.74) is 2.00. The highest BCUT2D eigenvalue weighted by molar-refractivity contribution is 9.11. The number of aromatic nitrogens is 2. The maximum absolute atomic E-state index is 4.32. The topological polar surface area (TPSA) is 25.8 Å². The lowest BCUT2D eigenvalue weighted by Crippen LogP contribution is -1.77. The number of halogens is 1. The number of hydrogen-bond donors (Lipinski definition) is 0. The Kier molecular flexibility index (Phi) is 1.65. The number of pyridine rings is 1. The Balaban J connectivity index is 2.82. The number of thiazole rings is 1. The van der Waals surface area contributed by atoms with Crippen LogP contribution < -0.4 is 0 Å². The van der Waals surface area contributed by atoms with Crippen LogP contribution in [0.2, 0.25) is 0 Å². The van der Waals surface area contributed by atoms with E-state index in [0.717, 1.165) is 20.0 Å². The summed E-state index contributed by atoms with van der Waals surface area (Å²) < 4.78 is 0.894. The highest BCUT2D eigenvalue weighted by atomic mass is 79.9. The van der Waals surface area contributed by atoms with Crippen molar-refractivity contribution >= 4 is 37.6 Å². The summed E-state index contributed by atoms with van der Waals surface area (Å²) in [4.78, 5) is 9.55. The second-order valence-corrected chi connectivity index (χ2v) is 4.50. The molecule has 11 heavy (non-hydrogen) atoms. The van der Waals surface area contributed by atoms with Crippen LogP contribution in [0.4, 0.5) is 0 Å². The summed E-state index contributed by atoms with van der Waals surface area (Å²) in [6.45, 7) is 1.98. The number of nitrogens with zero attached hydrogens (tertiary/aromatic N) is 2. The van der Waals surface area contributed by atoms with Gasteiger partial charge in [-0.15, -0.1) is 0 Å². The van der Waals surface area contributed by atoms with Crippen LogP contribution in [-0.4, -0.2) is 9.97 Å². The molecule has 0 aliphatic heterocycles. The van der Waals surface area contributed by atoms with Crippen molar-refractivity contribution < 1.29 is 0 Å². The van der Waals surface area contributed by atoms with Gasteiger partial charge in [-0.25, -0.2) is 9.97 Å². The first-order valence-corrected chi connectivity index (χ1v) is 4.76. The molecule has 56 valence electrons. The zero-order valence-electron chi connectivity index (χ0n) is 5.84.